The summed E-state index contributed by atoms with van der Waals surface area (Å²) in [4.78, 5) is 29.8. The Morgan fingerprint density at radius 3 is 2.79 bits per heavy atom. The summed E-state index contributed by atoms with van der Waals surface area (Å²) in [5.74, 6) is -0.242. The normalized spacial score (nSPS) is 13.5. The van der Waals surface area contributed by atoms with Crippen molar-refractivity contribution in [2.75, 3.05) is 11.9 Å². The van der Waals surface area contributed by atoms with Crippen molar-refractivity contribution in [2.24, 2.45) is 7.05 Å². The number of esters is 1. The predicted molar refractivity (Wildman–Crippen MR) is 106 cm³/mol. The number of carbonyl (C=O) groups excluding carboxylic acids is 2. The molecule has 28 heavy (non-hydrogen) atoms. The molecule has 1 aliphatic carbocycles. The molecule has 0 unspecified atom stereocenters. The Labute approximate surface area is 162 Å². The molecule has 1 aromatic carbocycles. The second kappa shape index (κ2) is 7.07. The van der Waals surface area contributed by atoms with Crippen LogP contribution >= 0.6 is 0 Å². The Hall–Kier alpha value is -3.22. The zero-order valence-corrected chi connectivity index (χ0v) is 16.2. The minimum absolute atomic E-state index is 0.244. The van der Waals surface area contributed by atoms with Crippen molar-refractivity contribution in [1.29, 1.82) is 0 Å². The summed E-state index contributed by atoms with van der Waals surface area (Å²) >= 11 is 0. The molecule has 4 rings (SSSR count). The minimum atomic E-state index is -0.413. The van der Waals surface area contributed by atoms with Crippen LogP contribution in [0.2, 0.25) is 0 Å². The molecule has 1 N–H and O–H groups in total. The minimum Gasteiger partial charge on any atom is -0.462 e. The average molecular weight is 378 g/mol. The number of benzene rings is 1. The van der Waals surface area contributed by atoms with Crippen molar-refractivity contribution in [1.82, 2.24) is 14.8 Å². The maximum absolute atomic E-state index is 13.1. The molecule has 144 valence electrons. The highest BCUT2D eigenvalue weighted by molar-refractivity contribution is 6.13. The Morgan fingerprint density at radius 2 is 2.07 bits per heavy atom. The van der Waals surface area contributed by atoms with E-state index in [0.717, 1.165) is 29.6 Å². The van der Waals surface area contributed by atoms with Crippen molar-refractivity contribution in [3.05, 3.63) is 52.8 Å². The van der Waals surface area contributed by atoms with E-state index in [4.69, 9.17) is 9.72 Å². The fourth-order valence-corrected chi connectivity index (χ4v) is 3.37. The maximum Gasteiger partial charge on any atom is 0.338 e. The number of hydrogen-bond donors (Lipinski definition) is 1. The molecule has 2 heterocycles. The molecule has 7 heteroatoms. The van der Waals surface area contributed by atoms with Crippen molar-refractivity contribution in [3.63, 3.8) is 0 Å². The lowest BCUT2D eigenvalue weighted by atomic mass is 10.1. The molecule has 2 aromatic heterocycles. The van der Waals surface area contributed by atoms with Crippen LogP contribution in [-0.4, -0.2) is 33.2 Å². The van der Waals surface area contributed by atoms with Gasteiger partial charge in [-0.15, -0.1) is 0 Å². The van der Waals surface area contributed by atoms with E-state index in [1.54, 1.807) is 35.9 Å². The van der Waals surface area contributed by atoms with Crippen LogP contribution in [0.3, 0.4) is 0 Å². The van der Waals surface area contributed by atoms with Gasteiger partial charge >= 0.3 is 5.97 Å². The van der Waals surface area contributed by atoms with Crippen LogP contribution in [0.4, 0.5) is 5.69 Å². The molecule has 0 saturated heterocycles. The quantitative estimate of drug-likeness (QED) is 0.686. The van der Waals surface area contributed by atoms with Gasteiger partial charge in [-0.2, -0.15) is 5.10 Å². The first-order valence-electron chi connectivity index (χ1n) is 9.40. The molecular formula is C21H22N4O3. The summed E-state index contributed by atoms with van der Waals surface area (Å²) in [6, 6.07) is 8.62. The number of amides is 1. The summed E-state index contributed by atoms with van der Waals surface area (Å²) in [6.07, 6.45) is 2.19. The molecule has 0 radical (unpaired) electrons. The molecule has 0 spiro atoms. The third kappa shape index (κ3) is 3.35. The van der Waals surface area contributed by atoms with E-state index in [2.05, 4.69) is 10.4 Å². The number of hydrogen-bond acceptors (Lipinski definition) is 5. The number of carbonyl (C=O) groups is 2. The Bertz CT molecular complexity index is 1080. The predicted octanol–water partition coefficient (Wildman–Crippen LogP) is 3.58. The Balaban J connectivity index is 1.70. The smallest absolute Gasteiger partial charge is 0.338 e. The molecular weight excluding hydrogens is 356 g/mol. The molecule has 0 aliphatic heterocycles. The average Bonchev–Trinajstić information content (AvgIpc) is 3.48. The van der Waals surface area contributed by atoms with Gasteiger partial charge in [0, 0.05) is 24.3 Å². The van der Waals surface area contributed by atoms with Crippen LogP contribution < -0.4 is 5.32 Å². The van der Waals surface area contributed by atoms with Gasteiger partial charge in [0.05, 0.1) is 28.8 Å². The number of nitrogens with one attached hydrogen (secondary N) is 1. The van der Waals surface area contributed by atoms with Crippen LogP contribution in [0, 0.1) is 6.92 Å². The van der Waals surface area contributed by atoms with Gasteiger partial charge in [0.25, 0.3) is 5.91 Å². The number of fused-ring (bicyclic) bond motifs is 1. The van der Waals surface area contributed by atoms with Crippen LogP contribution in [0.5, 0.6) is 0 Å². The summed E-state index contributed by atoms with van der Waals surface area (Å²) in [5.41, 5.74) is 3.90. The number of nitrogens with zero attached hydrogens (tertiary/aromatic N) is 3. The zero-order chi connectivity index (χ0) is 19.8. The summed E-state index contributed by atoms with van der Waals surface area (Å²) < 4.78 is 6.74. The topological polar surface area (TPSA) is 86.1 Å². The van der Waals surface area contributed by atoms with Crippen molar-refractivity contribution in [3.8, 4) is 0 Å². The van der Waals surface area contributed by atoms with Gasteiger partial charge in [0.2, 0.25) is 0 Å². The molecule has 1 aliphatic rings. The Kier molecular flexibility index (Phi) is 4.58. The van der Waals surface area contributed by atoms with E-state index < -0.39 is 5.97 Å². The van der Waals surface area contributed by atoms with Gasteiger partial charge in [-0.1, -0.05) is 6.07 Å². The summed E-state index contributed by atoms with van der Waals surface area (Å²) in [7, 11) is 1.84. The molecule has 1 fully saturated rings. The van der Waals surface area contributed by atoms with Crippen LogP contribution in [0.15, 0.2) is 30.3 Å². The summed E-state index contributed by atoms with van der Waals surface area (Å²) in [5, 5.41) is 8.09. The van der Waals surface area contributed by atoms with Crippen molar-refractivity contribution >= 4 is 28.6 Å². The van der Waals surface area contributed by atoms with Crippen molar-refractivity contribution in [2.45, 2.75) is 32.6 Å². The highest BCUT2D eigenvalue weighted by Gasteiger charge is 2.28. The number of anilines is 1. The number of aromatic nitrogens is 3. The van der Waals surface area contributed by atoms with Gasteiger partial charge < -0.3 is 10.1 Å². The number of pyridine rings is 1. The SMILES string of the molecule is CCOC(=O)c1cccc(NC(=O)c2cc(C3CC3)nc3c2c(C)nn3C)c1. The van der Waals surface area contributed by atoms with E-state index >= 15 is 0 Å². The third-order valence-electron chi connectivity index (χ3n) is 4.86. The lowest BCUT2D eigenvalue weighted by Crippen LogP contribution is -2.14. The Morgan fingerprint density at radius 1 is 1.29 bits per heavy atom. The lowest BCUT2D eigenvalue weighted by molar-refractivity contribution is 0.0526. The highest BCUT2D eigenvalue weighted by Crippen LogP contribution is 2.40. The van der Waals surface area contributed by atoms with Crippen LogP contribution in [-0.2, 0) is 11.8 Å². The van der Waals surface area contributed by atoms with E-state index in [-0.39, 0.29) is 5.91 Å². The second-order valence-corrected chi connectivity index (χ2v) is 7.03. The molecule has 7 nitrogen and oxygen atoms in total. The monoisotopic (exact) mass is 378 g/mol. The largest absolute Gasteiger partial charge is 0.462 e. The second-order valence-electron chi connectivity index (χ2n) is 7.03. The lowest BCUT2D eigenvalue weighted by Gasteiger charge is -2.10. The fraction of sp³-hybridized carbons (Fsp3) is 0.333. The van der Waals surface area contributed by atoms with Crippen LogP contribution in [0.1, 0.15) is 57.8 Å². The highest BCUT2D eigenvalue weighted by atomic mass is 16.5. The number of aryl methyl sites for hydroxylation is 2. The van der Waals surface area contributed by atoms with E-state index in [1.165, 1.54) is 0 Å². The first-order valence-corrected chi connectivity index (χ1v) is 9.40. The van der Waals surface area contributed by atoms with E-state index in [9.17, 15) is 9.59 Å². The number of rotatable bonds is 5. The number of ether oxygens (including phenoxy) is 1. The first-order chi connectivity index (χ1) is 13.5. The first kappa shape index (κ1) is 18.2. The fourth-order valence-electron chi connectivity index (χ4n) is 3.37. The molecule has 1 amide bonds. The van der Waals surface area contributed by atoms with Gasteiger partial charge in [-0.25, -0.2) is 9.78 Å². The molecule has 0 atom stereocenters. The van der Waals surface area contributed by atoms with Gasteiger partial charge in [-0.05, 0) is 51.0 Å². The molecule has 0 bridgehead atoms. The van der Waals surface area contributed by atoms with Crippen molar-refractivity contribution < 1.29 is 14.3 Å². The third-order valence-corrected chi connectivity index (χ3v) is 4.86. The zero-order valence-electron chi connectivity index (χ0n) is 16.2. The van der Waals surface area contributed by atoms with Gasteiger partial charge in [0.15, 0.2) is 5.65 Å². The molecule has 3 aromatic rings. The van der Waals surface area contributed by atoms with Gasteiger partial charge in [-0.3, -0.25) is 9.48 Å². The molecule has 1 saturated carbocycles. The van der Waals surface area contributed by atoms with Gasteiger partial charge in [0.1, 0.15) is 0 Å². The van der Waals surface area contributed by atoms with E-state index in [0.29, 0.717) is 35.0 Å². The standard InChI is InChI=1S/C21H22N4O3/c1-4-28-21(27)14-6-5-7-15(10-14)22-20(26)16-11-17(13-8-9-13)23-19-18(16)12(2)24-25(19)3/h5-7,10-11,13H,4,8-9H2,1-3H3,(H,22,26). The maximum atomic E-state index is 13.1. The van der Waals surface area contributed by atoms with Crippen LogP contribution in [0.25, 0.3) is 11.0 Å². The van der Waals surface area contributed by atoms with E-state index in [1.807, 2.05) is 20.0 Å². The summed E-state index contributed by atoms with van der Waals surface area (Å²) in [6.45, 7) is 3.93.